The summed E-state index contributed by atoms with van der Waals surface area (Å²) in [5.74, 6) is -0.390. The van der Waals surface area contributed by atoms with Crippen LogP contribution >= 0.6 is 11.8 Å². The third-order valence-electron chi connectivity index (χ3n) is 2.40. The largest absolute Gasteiger partial charge is 0.369 e. The first-order chi connectivity index (χ1) is 8.58. The lowest BCUT2D eigenvalue weighted by atomic mass is 10.2. The number of aryl methyl sites for hydroxylation is 1. The van der Waals surface area contributed by atoms with Gasteiger partial charge in [-0.15, -0.1) is 5.10 Å². The molecule has 0 fully saturated rings. The van der Waals surface area contributed by atoms with Gasteiger partial charge in [0, 0.05) is 0 Å². The third kappa shape index (κ3) is 2.67. The van der Waals surface area contributed by atoms with Crippen LogP contribution in [-0.4, -0.2) is 31.4 Å². The molecular weight excluding hydrogens is 250 g/mol. The van der Waals surface area contributed by atoms with Crippen molar-refractivity contribution in [3.63, 3.8) is 0 Å². The Bertz CT molecular complexity index is 551. The number of hydrogen-bond donors (Lipinski definition) is 1. The van der Waals surface area contributed by atoms with Gasteiger partial charge in [-0.25, -0.2) is 0 Å². The Morgan fingerprint density at radius 2 is 2.06 bits per heavy atom. The zero-order valence-electron chi connectivity index (χ0n) is 10.1. The SMILES string of the molecule is Cc1ccc(-n2nnnc2S[C@@H](C)C(N)=O)cc1. The number of amides is 1. The molecule has 0 radical (unpaired) electrons. The predicted molar refractivity (Wildman–Crippen MR) is 68.4 cm³/mol. The normalized spacial score (nSPS) is 12.3. The van der Waals surface area contributed by atoms with Gasteiger partial charge in [-0.2, -0.15) is 4.68 Å². The van der Waals surface area contributed by atoms with Gasteiger partial charge in [-0.05, 0) is 36.4 Å². The van der Waals surface area contributed by atoms with E-state index in [1.807, 2.05) is 31.2 Å². The van der Waals surface area contributed by atoms with E-state index in [0.717, 1.165) is 11.3 Å². The molecule has 94 valence electrons. The molecule has 0 aliphatic heterocycles. The average Bonchev–Trinajstić information content (AvgIpc) is 2.78. The lowest BCUT2D eigenvalue weighted by Gasteiger charge is -2.07. The predicted octanol–water partition coefficient (Wildman–Crippen LogP) is 0.937. The van der Waals surface area contributed by atoms with Crippen LogP contribution in [0.4, 0.5) is 0 Å². The van der Waals surface area contributed by atoms with Crippen molar-refractivity contribution in [2.24, 2.45) is 5.73 Å². The van der Waals surface area contributed by atoms with Crippen molar-refractivity contribution < 1.29 is 4.79 Å². The Hall–Kier alpha value is -1.89. The first-order valence-electron chi connectivity index (χ1n) is 5.39. The van der Waals surface area contributed by atoms with E-state index in [1.165, 1.54) is 11.8 Å². The molecule has 2 rings (SSSR count). The molecule has 1 aromatic carbocycles. The first-order valence-corrected chi connectivity index (χ1v) is 6.27. The number of rotatable bonds is 4. The standard InChI is InChI=1S/C11H13N5OS/c1-7-3-5-9(6-4-7)16-11(13-14-15-16)18-8(2)10(12)17/h3-6,8H,1-2H3,(H2,12,17)/t8-/m0/s1. The number of tetrazole rings is 1. The number of carbonyl (C=O) groups is 1. The molecule has 0 spiro atoms. The quantitative estimate of drug-likeness (QED) is 0.829. The molecule has 0 saturated heterocycles. The minimum Gasteiger partial charge on any atom is -0.369 e. The molecule has 1 amide bonds. The van der Waals surface area contributed by atoms with E-state index in [4.69, 9.17) is 5.73 Å². The molecule has 1 aromatic heterocycles. The van der Waals surface area contributed by atoms with Crippen LogP contribution in [0.25, 0.3) is 5.69 Å². The summed E-state index contributed by atoms with van der Waals surface area (Å²) in [6.45, 7) is 3.73. The number of hydrogen-bond acceptors (Lipinski definition) is 5. The number of carbonyl (C=O) groups excluding carboxylic acids is 1. The number of nitrogens with zero attached hydrogens (tertiary/aromatic N) is 4. The van der Waals surface area contributed by atoms with E-state index in [0.29, 0.717) is 5.16 Å². The Labute approximate surface area is 109 Å². The van der Waals surface area contributed by atoms with Crippen LogP contribution in [0.5, 0.6) is 0 Å². The molecule has 0 bridgehead atoms. The summed E-state index contributed by atoms with van der Waals surface area (Å²) >= 11 is 1.24. The van der Waals surface area contributed by atoms with Crippen molar-refractivity contribution in [2.45, 2.75) is 24.3 Å². The van der Waals surface area contributed by atoms with Crippen LogP contribution in [0.15, 0.2) is 29.4 Å². The number of primary amides is 1. The topological polar surface area (TPSA) is 86.7 Å². The lowest BCUT2D eigenvalue weighted by Crippen LogP contribution is -2.23. The molecule has 1 atom stereocenters. The number of aromatic nitrogens is 4. The van der Waals surface area contributed by atoms with Gasteiger partial charge in [-0.1, -0.05) is 29.5 Å². The van der Waals surface area contributed by atoms with Crippen molar-refractivity contribution in [1.29, 1.82) is 0 Å². The zero-order chi connectivity index (χ0) is 13.1. The summed E-state index contributed by atoms with van der Waals surface area (Å²) < 4.78 is 1.59. The van der Waals surface area contributed by atoms with Gasteiger partial charge in [0.05, 0.1) is 10.9 Å². The average molecular weight is 263 g/mol. The van der Waals surface area contributed by atoms with E-state index in [-0.39, 0.29) is 5.25 Å². The molecular formula is C11H13N5OS. The van der Waals surface area contributed by atoms with E-state index in [2.05, 4.69) is 15.5 Å². The van der Waals surface area contributed by atoms with Crippen molar-refractivity contribution >= 4 is 17.7 Å². The lowest BCUT2D eigenvalue weighted by molar-refractivity contribution is -0.117. The monoisotopic (exact) mass is 263 g/mol. The Kier molecular flexibility index (Phi) is 3.61. The van der Waals surface area contributed by atoms with Gasteiger partial charge in [0.2, 0.25) is 11.1 Å². The Morgan fingerprint density at radius 3 is 2.67 bits per heavy atom. The van der Waals surface area contributed by atoms with Crippen LogP contribution in [0, 0.1) is 6.92 Å². The van der Waals surface area contributed by atoms with E-state index >= 15 is 0 Å². The highest BCUT2D eigenvalue weighted by Gasteiger charge is 2.16. The molecule has 0 unspecified atom stereocenters. The summed E-state index contributed by atoms with van der Waals surface area (Å²) in [6, 6.07) is 7.79. The van der Waals surface area contributed by atoms with Crippen LogP contribution < -0.4 is 5.73 Å². The second-order valence-electron chi connectivity index (χ2n) is 3.87. The van der Waals surface area contributed by atoms with Gasteiger partial charge >= 0.3 is 0 Å². The van der Waals surface area contributed by atoms with Gasteiger partial charge in [-0.3, -0.25) is 4.79 Å². The maximum Gasteiger partial charge on any atom is 0.230 e. The highest BCUT2D eigenvalue weighted by atomic mass is 32.2. The van der Waals surface area contributed by atoms with Gasteiger partial charge in [0.25, 0.3) is 0 Å². The minimum atomic E-state index is -0.390. The Morgan fingerprint density at radius 1 is 1.39 bits per heavy atom. The molecule has 0 aliphatic carbocycles. The van der Waals surface area contributed by atoms with Crippen LogP contribution in [-0.2, 0) is 4.79 Å². The van der Waals surface area contributed by atoms with Crippen molar-refractivity contribution in [1.82, 2.24) is 20.2 Å². The highest BCUT2D eigenvalue weighted by Crippen LogP contribution is 2.22. The first kappa shape index (κ1) is 12.6. The number of thioether (sulfide) groups is 1. The summed E-state index contributed by atoms with van der Waals surface area (Å²) in [5.41, 5.74) is 7.23. The second-order valence-corrected chi connectivity index (χ2v) is 5.18. The van der Waals surface area contributed by atoms with Gasteiger partial charge in [0.1, 0.15) is 0 Å². The fourth-order valence-corrected chi connectivity index (χ4v) is 2.07. The summed E-state index contributed by atoms with van der Waals surface area (Å²) in [7, 11) is 0. The summed E-state index contributed by atoms with van der Waals surface area (Å²) in [6.07, 6.45) is 0. The van der Waals surface area contributed by atoms with Crippen molar-refractivity contribution in [3.05, 3.63) is 29.8 Å². The van der Waals surface area contributed by atoms with Crippen molar-refractivity contribution in [2.75, 3.05) is 0 Å². The molecule has 6 nitrogen and oxygen atoms in total. The number of nitrogens with two attached hydrogens (primary N) is 1. The molecule has 2 N–H and O–H groups in total. The summed E-state index contributed by atoms with van der Waals surface area (Å²) in [5, 5.41) is 11.6. The molecule has 0 saturated carbocycles. The molecule has 18 heavy (non-hydrogen) atoms. The molecule has 2 aromatic rings. The third-order valence-corrected chi connectivity index (χ3v) is 3.45. The van der Waals surface area contributed by atoms with Crippen LogP contribution in [0.1, 0.15) is 12.5 Å². The molecule has 1 heterocycles. The van der Waals surface area contributed by atoms with Gasteiger partial charge in [0.15, 0.2) is 0 Å². The molecule has 7 heteroatoms. The van der Waals surface area contributed by atoms with E-state index in [9.17, 15) is 4.79 Å². The molecule has 0 aliphatic rings. The fourth-order valence-electron chi connectivity index (χ4n) is 1.32. The minimum absolute atomic E-state index is 0.375. The van der Waals surface area contributed by atoms with E-state index in [1.54, 1.807) is 11.6 Å². The van der Waals surface area contributed by atoms with E-state index < -0.39 is 5.91 Å². The zero-order valence-corrected chi connectivity index (χ0v) is 10.9. The van der Waals surface area contributed by atoms with Crippen molar-refractivity contribution in [3.8, 4) is 5.69 Å². The maximum absolute atomic E-state index is 11.0. The highest BCUT2D eigenvalue weighted by molar-refractivity contribution is 8.00. The Balaban J connectivity index is 2.27. The van der Waals surface area contributed by atoms with Crippen LogP contribution in [0.2, 0.25) is 0 Å². The smallest absolute Gasteiger partial charge is 0.230 e. The second kappa shape index (κ2) is 5.18. The maximum atomic E-state index is 11.0. The van der Waals surface area contributed by atoms with Gasteiger partial charge < -0.3 is 5.73 Å². The summed E-state index contributed by atoms with van der Waals surface area (Å²) in [4.78, 5) is 11.0. The van der Waals surface area contributed by atoms with Crippen LogP contribution in [0.3, 0.4) is 0 Å². The fraction of sp³-hybridized carbons (Fsp3) is 0.273. The number of benzene rings is 1.